The van der Waals surface area contributed by atoms with Crippen LogP contribution in [0, 0.1) is 0 Å². The lowest BCUT2D eigenvalue weighted by atomic mass is 10.1. The van der Waals surface area contributed by atoms with Crippen molar-refractivity contribution in [1.29, 1.82) is 0 Å². The van der Waals surface area contributed by atoms with E-state index in [1.807, 2.05) is 13.0 Å². The van der Waals surface area contributed by atoms with Gasteiger partial charge in [-0.3, -0.25) is 9.69 Å². The van der Waals surface area contributed by atoms with E-state index in [0.29, 0.717) is 38.5 Å². The first kappa shape index (κ1) is 14.6. The average Bonchev–Trinajstić information content (AvgIpc) is 2.44. The number of anilines is 1. The maximum Gasteiger partial charge on any atom is 0.239 e. The summed E-state index contributed by atoms with van der Waals surface area (Å²) >= 11 is 0. The van der Waals surface area contributed by atoms with E-state index in [0.717, 1.165) is 5.56 Å². The zero-order valence-corrected chi connectivity index (χ0v) is 11.6. The Hall–Kier alpha value is -1.79. The van der Waals surface area contributed by atoms with Crippen LogP contribution in [0.5, 0.6) is 5.75 Å². The number of carbonyl (C=O) groups excluding carboxylic acids is 1. The van der Waals surface area contributed by atoms with Crippen LogP contribution in [0.3, 0.4) is 0 Å². The van der Waals surface area contributed by atoms with Gasteiger partial charge in [-0.05, 0) is 24.6 Å². The Morgan fingerprint density at radius 1 is 1.60 bits per heavy atom. The van der Waals surface area contributed by atoms with Gasteiger partial charge in [0.15, 0.2) is 0 Å². The number of hydrogen-bond acceptors (Lipinski definition) is 5. The number of amides is 1. The van der Waals surface area contributed by atoms with Gasteiger partial charge in [0.2, 0.25) is 5.91 Å². The van der Waals surface area contributed by atoms with Crippen molar-refractivity contribution in [2.24, 2.45) is 0 Å². The second-order valence-electron chi connectivity index (χ2n) is 4.85. The molecule has 1 amide bonds. The van der Waals surface area contributed by atoms with E-state index < -0.39 is 0 Å². The molecule has 1 heterocycles. The quantitative estimate of drug-likeness (QED) is 0.545. The third-order valence-electron chi connectivity index (χ3n) is 3.37. The smallest absolute Gasteiger partial charge is 0.239 e. The molecule has 4 N–H and O–H groups in total. The first-order chi connectivity index (χ1) is 9.61. The topological polar surface area (TPSA) is 87.8 Å². The van der Waals surface area contributed by atoms with Crippen LogP contribution < -0.4 is 11.1 Å². The normalized spacial score (nSPS) is 19.8. The number of phenols is 1. The summed E-state index contributed by atoms with van der Waals surface area (Å²) in [4.78, 5) is 14.1. The van der Waals surface area contributed by atoms with E-state index in [1.165, 1.54) is 0 Å². The number of morpholine rings is 1. The number of hydrogen-bond donors (Lipinski definition) is 3. The maximum atomic E-state index is 12.0. The van der Waals surface area contributed by atoms with Gasteiger partial charge >= 0.3 is 0 Å². The molecule has 1 atom stereocenters. The van der Waals surface area contributed by atoms with Crippen molar-refractivity contribution in [2.45, 2.75) is 19.5 Å². The molecule has 6 nitrogen and oxygen atoms in total. The number of nitrogens with two attached hydrogens (primary N) is 1. The minimum absolute atomic E-state index is 0.0149. The summed E-state index contributed by atoms with van der Waals surface area (Å²) in [5.74, 6) is 0.0648. The highest BCUT2D eigenvalue weighted by Crippen LogP contribution is 2.22. The molecule has 20 heavy (non-hydrogen) atoms. The first-order valence-corrected chi connectivity index (χ1v) is 6.78. The van der Waals surface area contributed by atoms with Crippen molar-refractivity contribution in [3.05, 3.63) is 23.8 Å². The Bertz CT molecular complexity index is 479. The van der Waals surface area contributed by atoms with Gasteiger partial charge in [-0.2, -0.15) is 0 Å². The highest BCUT2D eigenvalue weighted by atomic mass is 16.5. The lowest BCUT2D eigenvalue weighted by molar-refractivity contribution is -0.132. The third-order valence-corrected chi connectivity index (χ3v) is 3.37. The van der Waals surface area contributed by atoms with E-state index in [4.69, 9.17) is 10.5 Å². The molecular weight excluding hydrogens is 258 g/mol. The minimum atomic E-state index is -0.279. The lowest BCUT2D eigenvalue weighted by Crippen LogP contribution is -2.53. The van der Waals surface area contributed by atoms with E-state index >= 15 is 0 Å². The molecule has 0 aliphatic carbocycles. The fourth-order valence-corrected chi connectivity index (χ4v) is 2.30. The zero-order chi connectivity index (χ0) is 14.5. The molecule has 1 aliphatic heterocycles. The molecule has 1 aliphatic rings. The average molecular weight is 279 g/mol. The van der Waals surface area contributed by atoms with Crippen LogP contribution in [-0.4, -0.2) is 48.3 Å². The van der Waals surface area contributed by atoms with Crippen LogP contribution in [0.2, 0.25) is 0 Å². The Morgan fingerprint density at radius 2 is 2.40 bits per heavy atom. The highest BCUT2D eigenvalue weighted by Gasteiger charge is 2.29. The molecule has 1 fully saturated rings. The fourth-order valence-electron chi connectivity index (χ4n) is 2.30. The van der Waals surface area contributed by atoms with Gasteiger partial charge in [0.25, 0.3) is 0 Å². The number of ether oxygens (including phenoxy) is 1. The van der Waals surface area contributed by atoms with Crippen LogP contribution in [0.25, 0.3) is 0 Å². The third kappa shape index (κ3) is 3.40. The summed E-state index contributed by atoms with van der Waals surface area (Å²) in [6.07, 6.45) is 0. The van der Waals surface area contributed by atoms with Gasteiger partial charge in [0, 0.05) is 19.6 Å². The number of benzene rings is 1. The fraction of sp³-hybridized carbons (Fsp3) is 0.500. The van der Waals surface area contributed by atoms with Gasteiger partial charge < -0.3 is 20.9 Å². The monoisotopic (exact) mass is 279 g/mol. The number of rotatable bonds is 4. The Balaban J connectivity index is 2.08. The Labute approximate surface area is 118 Å². The summed E-state index contributed by atoms with van der Waals surface area (Å²) in [7, 11) is 0. The molecule has 6 heteroatoms. The molecule has 0 aromatic heterocycles. The number of phenolic OH excluding ortho intramolecular Hbond substituents is 1. The molecule has 0 spiro atoms. The van der Waals surface area contributed by atoms with E-state index in [1.54, 1.807) is 12.1 Å². The number of likely N-dealkylation sites (N-methyl/N-ethyl adjacent to an activating group) is 1. The van der Waals surface area contributed by atoms with Crippen LogP contribution in [0.15, 0.2) is 18.2 Å². The molecular formula is C14H21N3O3. The largest absolute Gasteiger partial charge is 0.506 e. The highest BCUT2D eigenvalue weighted by molar-refractivity contribution is 5.82. The van der Waals surface area contributed by atoms with Gasteiger partial charge in [-0.25, -0.2) is 0 Å². The van der Waals surface area contributed by atoms with Gasteiger partial charge in [0.05, 0.1) is 18.9 Å². The second-order valence-corrected chi connectivity index (χ2v) is 4.85. The molecule has 0 bridgehead atoms. The molecule has 1 unspecified atom stereocenters. The Morgan fingerprint density at radius 3 is 3.10 bits per heavy atom. The van der Waals surface area contributed by atoms with Gasteiger partial charge in [-0.15, -0.1) is 0 Å². The molecule has 2 rings (SSSR count). The predicted octanol–water partition coefficient (Wildman–Crippen LogP) is 0.311. The molecule has 1 saturated heterocycles. The standard InChI is InChI=1S/C14H21N3O3/c1-2-16-14(19)12-9-20-6-5-17(12)8-10-3-4-13(18)11(15)7-10/h3-4,7,12,18H,2,5-6,8-9,15H2,1H3,(H,16,19). The molecule has 1 aromatic carbocycles. The summed E-state index contributed by atoms with van der Waals surface area (Å²) in [6, 6.07) is 4.85. The van der Waals surface area contributed by atoms with Crippen molar-refractivity contribution in [2.75, 3.05) is 32.0 Å². The van der Waals surface area contributed by atoms with Crippen molar-refractivity contribution in [1.82, 2.24) is 10.2 Å². The molecule has 1 aromatic rings. The number of nitrogen functional groups attached to an aromatic ring is 1. The molecule has 0 radical (unpaired) electrons. The summed E-state index contributed by atoms with van der Waals surface area (Å²) in [5.41, 5.74) is 7.02. The van der Waals surface area contributed by atoms with Crippen molar-refractivity contribution >= 4 is 11.6 Å². The van der Waals surface area contributed by atoms with Crippen LogP contribution in [-0.2, 0) is 16.1 Å². The van der Waals surface area contributed by atoms with E-state index in [9.17, 15) is 9.90 Å². The summed E-state index contributed by atoms with van der Waals surface area (Å²) < 4.78 is 5.39. The number of nitrogens with zero attached hydrogens (tertiary/aromatic N) is 1. The first-order valence-electron chi connectivity index (χ1n) is 6.78. The zero-order valence-electron chi connectivity index (χ0n) is 11.6. The summed E-state index contributed by atoms with van der Waals surface area (Å²) in [5, 5.41) is 12.3. The lowest BCUT2D eigenvalue weighted by Gasteiger charge is -2.34. The van der Waals surface area contributed by atoms with Crippen molar-refractivity contribution in [3.63, 3.8) is 0 Å². The van der Waals surface area contributed by atoms with Crippen LogP contribution in [0.4, 0.5) is 5.69 Å². The molecule has 0 saturated carbocycles. The minimum Gasteiger partial charge on any atom is -0.506 e. The predicted molar refractivity (Wildman–Crippen MR) is 76.2 cm³/mol. The van der Waals surface area contributed by atoms with Crippen molar-refractivity contribution < 1.29 is 14.6 Å². The van der Waals surface area contributed by atoms with Gasteiger partial charge in [-0.1, -0.05) is 6.07 Å². The number of aromatic hydroxyl groups is 1. The second kappa shape index (κ2) is 6.58. The maximum absolute atomic E-state index is 12.0. The number of carbonyl (C=O) groups is 1. The SMILES string of the molecule is CCNC(=O)C1COCCN1Cc1ccc(O)c(N)c1. The van der Waals surface area contributed by atoms with E-state index in [-0.39, 0.29) is 17.7 Å². The van der Waals surface area contributed by atoms with Crippen LogP contribution in [0.1, 0.15) is 12.5 Å². The van der Waals surface area contributed by atoms with Crippen LogP contribution >= 0.6 is 0 Å². The molecule has 110 valence electrons. The van der Waals surface area contributed by atoms with E-state index in [2.05, 4.69) is 10.2 Å². The summed E-state index contributed by atoms with van der Waals surface area (Å²) in [6.45, 7) is 4.82. The Kier molecular flexibility index (Phi) is 4.81. The van der Waals surface area contributed by atoms with Gasteiger partial charge in [0.1, 0.15) is 11.8 Å². The number of nitrogens with one attached hydrogen (secondary N) is 1. The van der Waals surface area contributed by atoms with Crippen molar-refractivity contribution in [3.8, 4) is 5.75 Å².